The molecule has 2 amide bonds. The topological polar surface area (TPSA) is 138 Å². The molecule has 0 atom stereocenters. The minimum absolute atomic E-state index is 0.382. The zero-order chi connectivity index (χ0) is 20.4. The number of anilines is 4. The van der Waals surface area contributed by atoms with Crippen LogP contribution in [0.25, 0.3) is 5.65 Å². The number of rotatable bonds is 4. The molecule has 3 aromatic rings. The van der Waals surface area contributed by atoms with Gasteiger partial charge in [0, 0.05) is 26.2 Å². The van der Waals surface area contributed by atoms with Crippen LogP contribution >= 0.6 is 0 Å². The van der Waals surface area contributed by atoms with Gasteiger partial charge in [-0.3, -0.25) is 0 Å². The van der Waals surface area contributed by atoms with Gasteiger partial charge in [-0.05, 0) is 6.07 Å². The summed E-state index contributed by atoms with van der Waals surface area (Å²) in [6, 6.07) is 6.78. The smallest absolute Gasteiger partial charge is 0.319 e. The summed E-state index contributed by atoms with van der Waals surface area (Å²) in [5.41, 5.74) is 1.86. The van der Waals surface area contributed by atoms with Crippen molar-refractivity contribution < 1.29 is 14.3 Å². The number of amides is 2. The number of hydrogen-bond donors (Lipinski definition) is 4. The standard InChI is InChI=1S/C18H18N8O3/c1-20-15-7-14(25-17-12(9-22-26(15)17)24-18(27)21-2)23-11-5-10(8-19)6-13-16(11)29-4-3-28-13/h5-7,9,20H,3-4H2,1-2H3,(H,23,25)(H2,21,24,27). The summed E-state index contributed by atoms with van der Waals surface area (Å²) in [5, 5.41) is 25.0. The van der Waals surface area contributed by atoms with E-state index < -0.39 is 0 Å². The van der Waals surface area contributed by atoms with Crippen molar-refractivity contribution in [3.63, 3.8) is 0 Å². The third-order valence-electron chi connectivity index (χ3n) is 4.24. The Labute approximate surface area is 165 Å². The van der Waals surface area contributed by atoms with Crippen molar-refractivity contribution in [1.82, 2.24) is 19.9 Å². The number of nitriles is 1. The largest absolute Gasteiger partial charge is 0.486 e. The first-order chi connectivity index (χ1) is 14.1. The summed E-state index contributed by atoms with van der Waals surface area (Å²) in [7, 11) is 3.27. The van der Waals surface area contributed by atoms with E-state index in [9.17, 15) is 10.1 Å². The van der Waals surface area contributed by atoms with Crippen LogP contribution in [0.1, 0.15) is 5.56 Å². The van der Waals surface area contributed by atoms with Crippen LogP contribution in [0, 0.1) is 11.3 Å². The van der Waals surface area contributed by atoms with Crippen LogP contribution in [0.5, 0.6) is 11.5 Å². The number of hydrogen-bond acceptors (Lipinski definition) is 8. The molecule has 4 rings (SSSR count). The maximum Gasteiger partial charge on any atom is 0.319 e. The second kappa shape index (κ2) is 7.43. The number of carbonyl (C=O) groups is 1. The lowest BCUT2D eigenvalue weighted by molar-refractivity contribution is 0.172. The second-order valence-electron chi connectivity index (χ2n) is 6.06. The summed E-state index contributed by atoms with van der Waals surface area (Å²) >= 11 is 0. The maximum absolute atomic E-state index is 11.7. The molecule has 11 heteroatoms. The molecule has 29 heavy (non-hydrogen) atoms. The summed E-state index contributed by atoms with van der Waals surface area (Å²) in [6.45, 7) is 0.824. The predicted octanol–water partition coefficient (Wildman–Crippen LogP) is 1.91. The van der Waals surface area contributed by atoms with Gasteiger partial charge in [0.25, 0.3) is 0 Å². The van der Waals surface area contributed by atoms with E-state index in [4.69, 9.17) is 9.47 Å². The van der Waals surface area contributed by atoms with Crippen LogP contribution in [0.15, 0.2) is 24.4 Å². The first-order valence-electron chi connectivity index (χ1n) is 8.79. The highest BCUT2D eigenvalue weighted by molar-refractivity contribution is 5.93. The summed E-state index contributed by atoms with van der Waals surface area (Å²) in [5.74, 6) is 2.12. The molecule has 0 radical (unpaired) electrons. The Balaban J connectivity index is 1.78. The lowest BCUT2D eigenvalue weighted by atomic mass is 10.1. The Bertz CT molecular complexity index is 1130. The second-order valence-corrected chi connectivity index (χ2v) is 6.06. The monoisotopic (exact) mass is 394 g/mol. The van der Waals surface area contributed by atoms with Crippen molar-refractivity contribution in [2.24, 2.45) is 0 Å². The van der Waals surface area contributed by atoms with Gasteiger partial charge >= 0.3 is 6.03 Å². The highest BCUT2D eigenvalue weighted by Crippen LogP contribution is 2.40. The fourth-order valence-corrected chi connectivity index (χ4v) is 2.93. The van der Waals surface area contributed by atoms with E-state index in [2.05, 4.69) is 37.4 Å². The van der Waals surface area contributed by atoms with Gasteiger partial charge in [0.15, 0.2) is 17.1 Å². The Morgan fingerprint density at radius 2 is 2.03 bits per heavy atom. The van der Waals surface area contributed by atoms with E-state index in [1.807, 2.05) is 0 Å². The van der Waals surface area contributed by atoms with Crippen LogP contribution in [-0.2, 0) is 0 Å². The maximum atomic E-state index is 11.7. The molecular weight excluding hydrogens is 376 g/mol. The Morgan fingerprint density at radius 3 is 2.79 bits per heavy atom. The molecule has 0 spiro atoms. The zero-order valence-electron chi connectivity index (χ0n) is 15.7. The fraction of sp³-hybridized carbons (Fsp3) is 0.222. The molecule has 2 aromatic heterocycles. The van der Waals surface area contributed by atoms with Gasteiger partial charge in [-0.1, -0.05) is 0 Å². The van der Waals surface area contributed by atoms with Gasteiger partial charge in [-0.2, -0.15) is 14.9 Å². The lowest BCUT2D eigenvalue weighted by Gasteiger charge is -2.22. The van der Waals surface area contributed by atoms with Gasteiger partial charge in [-0.25, -0.2) is 9.78 Å². The minimum atomic E-state index is -0.382. The Kier molecular flexibility index (Phi) is 4.66. The van der Waals surface area contributed by atoms with Crippen LogP contribution in [0.3, 0.4) is 0 Å². The van der Waals surface area contributed by atoms with Gasteiger partial charge in [0.05, 0.1) is 23.5 Å². The molecule has 0 unspecified atom stereocenters. The predicted molar refractivity (Wildman–Crippen MR) is 106 cm³/mol. The minimum Gasteiger partial charge on any atom is -0.486 e. The van der Waals surface area contributed by atoms with Gasteiger partial charge in [0.2, 0.25) is 0 Å². The first-order valence-corrected chi connectivity index (χ1v) is 8.79. The number of nitrogens with zero attached hydrogens (tertiary/aromatic N) is 4. The molecule has 0 bridgehead atoms. The third kappa shape index (κ3) is 3.39. The quantitative estimate of drug-likeness (QED) is 0.526. The van der Waals surface area contributed by atoms with Crippen LogP contribution < -0.4 is 30.7 Å². The van der Waals surface area contributed by atoms with E-state index in [1.165, 1.54) is 13.2 Å². The molecule has 1 aliphatic rings. The lowest BCUT2D eigenvalue weighted by Crippen LogP contribution is -2.24. The SMILES string of the molecule is CNC(=O)Nc1cnn2c(NC)cc(Nc3cc(C#N)cc4c3OCCO4)nc12. The molecule has 0 saturated heterocycles. The highest BCUT2D eigenvalue weighted by atomic mass is 16.6. The van der Waals surface area contributed by atoms with Crippen molar-refractivity contribution >= 4 is 34.7 Å². The van der Waals surface area contributed by atoms with Crippen LogP contribution in [-0.4, -0.2) is 47.9 Å². The van der Waals surface area contributed by atoms with Gasteiger partial charge in [-0.15, -0.1) is 0 Å². The van der Waals surface area contributed by atoms with Crippen molar-refractivity contribution in [1.29, 1.82) is 5.26 Å². The highest BCUT2D eigenvalue weighted by Gasteiger charge is 2.19. The number of aromatic nitrogens is 3. The third-order valence-corrected chi connectivity index (χ3v) is 4.24. The van der Waals surface area contributed by atoms with Crippen molar-refractivity contribution in [3.8, 4) is 17.6 Å². The molecule has 0 saturated carbocycles. The molecular formula is C18H18N8O3. The Morgan fingerprint density at radius 1 is 1.21 bits per heavy atom. The summed E-state index contributed by atoms with van der Waals surface area (Å²) in [4.78, 5) is 16.3. The summed E-state index contributed by atoms with van der Waals surface area (Å²) in [6.07, 6.45) is 1.51. The molecule has 11 nitrogen and oxygen atoms in total. The molecule has 1 aromatic carbocycles. The van der Waals surface area contributed by atoms with Gasteiger partial charge < -0.3 is 30.7 Å². The number of carbonyl (C=O) groups excluding carboxylic acids is 1. The average molecular weight is 394 g/mol. The Hall–Kier alpha value is -4.20. The average Bonchev–Trinajstić information content (AvgIpc) is 3.15. The molecule has 4 N–H and O–H groups in total. The number of ether oxygens (including phenoxy) is 2. The van der Waals surface area contributed by atoms with E-state index in [-0.39, 0.29) is 6.03 Å². The summed E-state index contributed by atoms with van der Waals surface area (Å²) < 4.78 is 12.9. The normalized spacial score (nSPS) is 12.2. The van der Waals surface area contributed by atoms with E-state index in [1.54, 1.807) is 29.8 Å². The molecule has 0 fully saturated rings. The van der Waals surface area contributed by atoms with E-state index >= 15 is 0 Å². The molecule has 3 heterocycles. The van der Waals surface area contributed by atoms with E-state index in [0.717, 1.165) is 0 Å². The van der Waals surface area contributed by atoms with Crippen molar-refractivity contribution in [2.75, 3.05) is 43.3 Å². The van der Waals surface area contributed by atoms with E-state index in [0.29, 0.717) is 58.9 Å². The number of benzene rings is 1. The van der Waals surface area contributed by atoms with Crippen molar-refractivity contribution in [3.05, 3.63) is 30.0 Å². The zero-order valence-corrected chi connectivity index (χ0v) is 15.7. The molecule has 1 aliphatic heterocycles. The van der Waals surface area contributed by atoms with Crippen LogP contribution in [0.4, 0.5) is 27.8 Å². The molecule has 148 valence electrons. The molecule has 0 aliphatic carbocycles. The number of nitrogens with one attached hydrogen (secondary N) is 4. The van der Waals surface area contributed by atoms with Crippen molar-refractivity contribution in [2.45, 2.75) is 0 Å². The number of fused-ring (bicyclic) bond motifs is 2. The first kappa shape index (κ1) is 18.2. The number of urea groups is 1. The fourth-order valence-electron chi connectivity index (χ4n) is 2.93. The van der Waals surface area contributed by atoms with Crippen LogP contribution in [0.2, 0.25) is 0 Å². The van der Waals surface area contributed by atoms with Gasteiger partial charge in [0.1, 0.15) is 30.5 Å².